The average Bonchev–Trinajstić information content (AvgIpc) is 3.10. The van der Waals surface area contributed by atoms with Crippen molar-refractivity contribution in [3.63, 3.8) is 0 Å². The van der Waals surface area contributed by atoms with Crippen molar-refractivity contribution in [2.75, 3.05) is 19.8 Å². The minimum Gasteiger partial charge on any atom is -0.395 e. The number of rotatable bonds is 18. The Labute approximate surface area is 314 Å². The zero-order valence-corrected chi connectivity index (χ0v) is 36.5. The molecule has 2 rings (SSSR count). The highest BCUT2D eigenvalue weighted by Gasteiger charge is 2.58. The monoisotopic (exact) mass is 709 g/mol. The van der Waals surface area contributed by atoms with Crippen LogP contribution < -0.4 is 0 Å². The van der Waals surface area contributed by atoms with E-state index in [4.69, 9.17) is 0 Å². The van der Waals surface area contributed by atoms with E-state index in [0.717, 1.165) is 71.9 Å². The van der Waals surface area contributed by atoms with Crippen molar-refractivity contribution in [3.05, 3.63) is 68.8 Å². The third kappa shape index (κ3) is 7.92. The molecule has 0 aliphatic carbocycles. The number of aliphatic hydroxyl groups excluding tert-OH is 3. The van der Waals surface area contributed by atoms with Gasteiger partial charge in [0.2, 0.25) is 0 Å². The van der Waals surface area contributed by atoms with Gasteiger partial charge >= 0.3 is 0 Å². The topological polar surface area (TPSA) is 80.9 Å². The van der Waals surface area contributed by atoms with E-state index in [1.807, 2.05) is 0 Å². The highest BCUT2D eigenvalue weighted by molar-refractivity contribution is 5.61. The van der Waals surface area contributed by atoms with Gasteiger partial charge in [-0.15, -0.1) is 0 Å². The molecule has 0 bridgehead atoms. The first-order valence-corrected chi connectivity index (χ1v) is 20.2. The van der Waals surface area contributed by atoms with E-state index in [9.17, 15) is 20.4 Å². The Kier molecular flexibility index (Phi) is 13.9. The van der Waals surface area contributed by atoms with Crippen LogP contribution in [-0.2, 0) is 38.1 Å². The zero-order valence-electron chi connectivity index (χ0n) is 36.5. The largest absolute Gasteiger partial charge is 0.395 e. The Hall–Kier alpha value is -1.72. The molecule has 0 aliphatic rings. The van der Waals surface area contributed by atoms with Crippen LogP contribution in [0.2, 0.25) is 0 Å². The molecule has 2 aromatic carbocycles. The van der Waals surface area contributed by atoms with Gasteiger partial charge < -0.3 is 20.4 Å². The molecule has 292 valence electrons. The molecule has 0 saturated heterocycles. The lowest BCUT2D eigenvalue weighted by molar-refractivity contribution is -0.138. The Morgan fingerprint density at radius 3 is 0.725 bits per heavy atom. The summed E-state index contributed by atoms with van der Waals surface area (Å²) in [5, 5.41) is 49.5. The minimum atomic E-state index is -1.98. The summed E-state index contributed by atoms with van der Waals surface area (Å²) in [5.74, 6) is 0. The first-order chi connectivity index (χ1) is 23.2. The van der Waals surface area contributed by atoms with Crippen LogP contribution in [0.15, 0.2) is 24.3 Å². The molecule has 0 radical (unpaired) electrons. The molecule has 4 nitrogen and oxygen atoms in total. The highest BCUT2D eigenvalue weighted by Crippen LogP contribution is 2.57. The smallest absolute Gasteiger partial charge is 0.128 e. The standard InChI is InChI=1S/C47H80O4/c1-19-40(7,8)32-25-34(42(11,12)21-3)38(35(26-32)43(13,14)22-4)47(51,46(29-48,30-49)31-50)39-36(44(15,16)23-5)27-33(41(9,10)20-2)28-37(39)45(17,18)24-6/h25-28,48-51H,19-24,29-31H2,1-18H3. The van der Waals surface area contributed by atoms with E-state index in [1.54, 1.807) is 0 Å². The fourth-order valence-corrected chi connectivity index (χ4v) is 7.30. The normalized spacial score (nSPS) is 14.4. The van der Waals surface area contributed by atoms with Gasteiger partial charge in [0.25, 0.3) is 0 Å². The summed E-state index contributed by atoms with van der Waals surface area (Å²) in [5.41, 5.74) is 2.44. The lowest BCUT2D eigenvalue weighted by Crippen LogP contribution is -2.57. The van der Waals surface area contributed by atoms with Crippen molar-refractivity contribution in [3.8, 4) is 0 Å². The van der Waals surface area contributed by atoms with Gasteiger partial charge in [-0.2, -0.15) is 0 Å². The fraction of sp³-hybridized carbons (Fsp3) is 0.745. The van der Waals surface area contributed by atoms with E-state index in [0.29, 0.717) is 0 Å². The van der Waals surface area contributed by atoms with E-state index < -0.39 is 52.5 Å². The summed E-state index contributed by atoms with van der Waals surface area (Å²) in [4.78, 5) is 0. The highest BCUT2D eigenvalue weighted by atomic mass is 16.3. The van der Waals surface area contributed by atoms with Crippen LogP contribution in [0, 0.1) is 5.41 Å². The number of benzene rings is 2. The lowest BCUT2D eigenvalue weighted by Gasteiger charge is -2.53. The number of hydrogen-bond acceptors (Lipinski definition) is 4. The van der Waals surface area contributed by atoms with Gasteiger partial charge in [0.1, 0.15) is 5.60 Å². The van der Waals surface area contributed by atoms with Gasteiger partial charge in [-0.1, -0.05) is 149 Å². The van der Waals surface area contributed by atoms with Gasteiger partial charge in [0, 0.05) is 0 Å². The average molecular weight is 709 g/mol. The second-order valence-corrected chi connectivity index (χ2v) is 19.8. The van der Waals surface area contributed by atoms with Crippen molar-refractivity contribution < 1.29 is 20.4 Å². The van der Waals surface area contributed by atoms with Crippen molar-refractivity contribution >= 4 is 0 Å². The molecule has 4 N–H and O–H groups in total. The quantitative estimate of drug-likeness (QED) is 0.124. The molecule has 0 amide bonds. The summed E-state index contributed by atoms with van der Waals surface area (Å²) in [6.07, 6.45) is 5.14. The molecule has 0 spiro atoms. The minimum absolute atomic E-state index is 0.131. The van der Waals surface area contributed by atoms with E-state index in [1.165, 1.54) is 11.1 Å². The van der Waals surface area contributed by atoms with Gasteiger partial charge in [0.05, 0.1) is 25.2 Å². The van der Waals surface area contributed by atoms with Crippen molar-refractivity contribution in [1.82, 2.24) is 0 Å². The van der Waals surface area contributed by atoms with Crippen LogP contribution >= 0.6 is 0 Å². The van der Waals surface area contributed by atoms with Crippen LogP contribution in [0.25, 0.3) is 0 Å². The maximum atomic E-state index is 14.6. The lowest BCUT2D eigenvalue weighted by atomic mass is 9.54. The number of aliphatic hydroxyl groups is 4. The predicted octanol–water partition coefficient (Wildman–Crippen LogP) is 11.0. The van der Waals surface area contributed by atoms with E-state index >= 15 is 0 Å². The summed E-state index contributed by atoms with van der Waals surface area (Å²) >= 11 is 0. The maximum Gasteiger partial charge on any atom is 0.128 e. The summed E-state index contributed by atoms with van der Waals surface area (Å²) in [7, 11) is 0. The second-order valence-electron chi connectivity index (χ2n) is 19.8. The molecule has 0 heterocycles. The summed E-state index contributed by atoms with van der Waals surface area (Å²) in [6, 6.07) is 9.24. The van der Waals surface area contributed by atoms with Crippen molar-refractivity contribution in [2.24, 2.45) is 5.41 Å². The molecular weight excluding hydrogens is 629 g/mol. The molecule has 51 heavy (non-hydrogen) atoms. The van der Waals surface area contributed by atoms with Crippen molar-refractivity contribution in [1.29, 1.82) is 0 Å². The molecule has 0 unspecified atom stereocenters. The van der Waals surface area contributed by atoms with Crippen LogP contribution in [0.1, 0.15) is 208 Å². The molecule has 0 fully saturated rings. The Balaban J connectivity index is 3.83. The van der Waals surface area contributed by atoms with Gasteiger partial charge in [-0.3, -0.25) is 0 Å². The SMILES string of the molecule is CCC(C)(C)c1cc(C(C)(C)CC)c(C(O)(c2c(C(C)(C)CC)cc(C(C)(C)CC)cc2C(C)(C)CC)C(CO)(CO)CO)c(C(C)(C)CC)c1. The van der Waals surface area contributed by atoms with E-state index in [2.05, 4.69) is 149 Å². The van der Waals surface area contributed by atoms with E-state index in [-0.39, 0.29) is 10.8 Å². The third-order valence-electron chi connectivity index (χ3n) is 14.5. The molecule has 0 aliphatic heterocycles. The first-order valence-electron chi connectivity index (χ1n) is 20.2. The third-order valence-corrected chi connectivity index (χ3v) is 14.5. The van der Waals surface area contributed by atoms with Crippen molar-refractivity contribution in [2.45, 2.75) is 201 Å². The summed E-state index contributed by atoms with van der Waals surface area (Å²) < 4.78 is 0. The molecule has 0 atom stereocenters. The maximum absolute atomic E-state index is 14.6. The van der Waals surface area contributed by atoms with Crippen LogP contribution in [-0.4, -0.2) is 40.2 Å². The molecule has 0 aromatic heterocycles. The fourth-order valence-electron chi connectivity index (χ4n) is 7.30. The predicted molar refractivity (Wildman–Crippen MR) is 219 cm³/mol. The molecule has 0 saturated carbocycles. The summed E-state index contributed by atoms with van der Waals surface area (Å²) in [6.45, 7) is 38.6. The molecule has 2 aromatic rings. The Morgan fingerprint density at radius 1 is 0.373 bits per heavy atom. The Bertz CT molecular complexity index is 1300. The molecular formula is C47H80O4. The first kappa shape index (κ1) is 45.4. The number of hydrogen-bond donors (Lipinski definition) is 4. The Morgan fingerprint density at radius 2 is 0.569 bits per heavy atom. The zero-order chi connectivity index (χ0) is 39.8. The van der Waals surface area contributed by atoms with Crippen LogP contribution in [0.5, 0.6) is 0 Å². The second kappa shape index (κ2) is 15.6. The van der Waals surface area contributed by atoms with Crippen LogP contribution in [0.4, 0.5) is 0 Å². The van der Waals surface area contributed by atoms with Gasteiger partial charge in [-0.25, -0.2) is 0 Å². The van der Waals surface area contributed by atoms with Gasteiger partial charge in [-0.05, 0) is 116 Å². The molecule has 4 heteroatoms. The van der Waals surface area contributed by atoms with Crippen LogP contribution in [0.3, 0.4) is 0 Å². The van der Waals surface area contributed by atoms with Gasteiger partial charge in [0.15, 0.2) is 0 Å².